The Morgan fingerprint density at radius 1 is 1.16 bits per heavy atom. The predicted octanol–water partition coefficient (Wildman–Crippen LogP) is 3.28. The van der Waals surface area contributed by atoms with Crippen LogP contribution in [0.3, 0.4) is 0 Å². The highest BCUT2D eigenvalue weighted by Crippen LogP contribution is 2.21. The van der Waals surface area contributed by atoms with E-state index in [2.05, 4.69) is 53.2 Å². The fourth-order valence-corrected chi connectivity index (χ4v) is 3.25. The molecule has 3 rings (SSSR count). The van der Waals surface area contributed by atoms with Crippen molar-refractivity contribution in [3.63, 3.8) is 0 Å². The smallest absolute Gasteiger partial charge is 0.238 e. The van der Waals surface area contributed by atoms with Crippen molar-refractivity contribution < 1.29 is 9.18 Å². The number of hydrogen-bond acceptors (Lipinski definition) is 3. The van der Waals surface area contributed by atoms with Gasteiger partial charge in [0, 0.05) is 31.4 Å². The fraction of sp³-hybridized carbons (Fsp3) is 0.350. The van der Waals surface area contributed by atoms with Crippen LogP contribution in [0.15, 0.2) is 48.5 Å². The van der Waals surface area contributed by atoms with Gasteiger partial charge in [0.25, 0.3) is 0 Å². The van der Waals surface area contributed by atoms with Crippen LogP contribution in [0.1, 0.15) is 12.5 Å². The Morgan fingerprint density at radius 2 is 1.88 bits per heavy atom. The van der Waals surface area contributed by atoms with Crippen molar-refractivity contribution in [3.8, 4) is 0 Å². The van der Waals surface area contributed by atoms with Gasteiger partial charge in [-0.3, -0.25) is 9.69 Å². The van der Waals surface area contributed by atoms with Gasteiger partial charge in [0.15, 0.2) is 0 Å². The molecule has 0 spiro atoms. The standard InChI is InChI=1S/C20H24FN3O/c1-15-7-9-17(10-8-15)24-12-11-23(13-16(24)2)14-20(25)22-19-6-4-3-5-18(19)21/h3-10,16H,11-14H2,1-2H3,(H,22,25)/t16-/m1/s1. The molecule has 1 heterocycles. The highest BCUT2D eigenvalue weighted by atomic mass is 19.1. The minimum Gasteiger partial charge on any atom is -0.366 e. The van der Waals surface area contributed by atoms with Gasteiger partial charge < -0.3 is 10.2 Å². The first-order valence-electron chi connectivity index (χ1n) is 8.63. The number of halogens is 1. The van der Waals surface area contributed by atoms with Crippen molar-refractivity contribution in [1.29, 1.82) is 0 Å². The van der Waals surface area contributed by atoms with E-state index < -0.39 is 5.82 Å². The second-order valence-electron chi connectivity index (χ2n) is 6.64. The number of carbonyl (C=O) groups is 1. The summed E-state index contributed by atoms with van der Waals surface area (Å²) < 4.78 is 13.6. The Labute approximate surface area is 148 Å². The molecule has 1 saturated heterocycles. The van der Waals surface area contributed by atoms with E-state index in [1.807, 2.05) is 0 Å². The Morgan fingerprint density at radius 3 is 2.56 bits per heavy atom. The Balaban J connectivity index is 1.55. The minimum atomic E-state index is -0.409. The number of hydrogen-bond donors (Lipinski definition) is 1. The number of amides is 1. The number of carbonyl (C=O) groups excluding carboxylic acids is 1. The molecule has 4 nitrogen and oxygen atoms in total. The molecule has 5 heteroatoms. The normalized spacial score (nSPS) is 18.2. The third-order valence-corrected chi connectivity index (χ3v) is 4.59. The van der Waals surface area contributed by atoms with Gasteiger partial charge in [0.2, 0.25) is 5.91 Å². The van der Waals surface area contributed by atoms with E-state index in [0.29, 0.717) is 6.04 Å². The molecule has 25 heavy (non-hydrogen) atoms. The van der Waals surface area contributed by atoms with Gasteiger partial charge in [-0.2, -0.15) is 0 Å². The van der Waals surface area contributed by atoms with E-state index in [9.17, 15) is 9.18 Å². The predicted molar refractivity (Wildman–Crippen MR) is 99.5 cm³/mol. The molecule has 0 radical (unpaired) electrons. The van der Waals surface area contributed by atoms with Crippen LogP contribution in [-0.4, -0.2) is 43.0 Å². The van der Waals surface area contributed by atoms with Crippen LogP contribution >= 0.6 is 0 Å². The van der Waals surface area contributed by atoms with Crippen molar-refractivity contribution >= 4 is 17.3 Å². The number of benzene rings is 2. The Hall–Kier alpha value is -2.40. The lowest BCUT2D eigenvalue weighted by Gasteiger charge is -2.41. The molecule has 1 N–H and O–H groups in total. The Bertz CT molecular complexity index is 732. The number of aryl methyl sites for hydroxylation is 1. The van der Waals surface area contributed by atoms with Gasteiger partial charge in [0.05, 0.1) is 12.2 Å². The van der Waals surface area contributed by atoms with Gasteiger partial charge in [-0.15, -0.1) is 0 Å². The van der Waals surface area contributed by atoms with Crippen LogP contribution in [0.5, 0.6) is 0 Å². The maximum atomic E-state index is 13.6. The molecule has 1 fully saturated rings. The average Bonchev–Trinajstić information content (AvgIpc) is 2.58. The molecule has 0 bridgehead atoms. The summed E-state index contributed by atoms with van der Waals surface area (Å²) in [7, 11) is 0. The van der Waals surface area contributed by atoms with Crippen LogP contribution in [0.25, 0.3) is 0 Å². The molecule has 1 amide bonds. The molecule has 1 atom stereocenters. The molecule has 2 aromatic carbocycles. The molecular weight excluding hydrogens is 317 g/mol. The van der Waals surface area contributed by atoms with E-state index >= 15 is 0 Å². The molecule has 0 aromatic heterocycles. The number of rotatable bonds is 4. The first kappa shape index (κ1) is 17.4. The van der Waals surface area contributed by atoms with Crippen molar-refractivity contribution in [1.82, 2.24) is 4.90 Å². The fourth-order valence-electron chi connectivity index (χ4n) is 3.25. The summed E-state index contributed by atoms with van der Waals surface area (Å²) in [6.07, 6.45) is 0. The number of nitrogens with zero attached hydrogens (tertiary/aromatic N) is 2. The van der Waals surface area contributed by atoms with E-state index in [1.165, 1.54) is 17.3 Å². The Kier molecular flexibility index (Phi) is 5.34. The third kappa shape index (κ3) is 4.37. The maximum absolute atomic E-state index is 13.6. The monoisotopic (exact) mass is 341 g/mol. The lowest BCUT2D eigenvalue weighted by atomic mass is 10.1. The first-order chi connectivity index (χ1) is 12.0. The summed E-state index contributed by atoms with van der Waals surface area (Å²) in [6, 6.07) is 15.1. The zero-order valence-corrected chi connectivity index (χ0v) is 14.7. The van der Waals surface area contributed by atoms with E-state index in [1.54, 1.807) is 18.2 Å². The number of piperazine rings is 1. The van der Waals surface area contributed by atoms with Gasteiger partial charge in [-0.25, -0.2) is 4.39 Å². The maximum Gasteiger partial charge on any atom is 0.238 e. The summed E-state index contributed by atoms with van der Waals surface area (Å²) in [5.41, 5.74) is 2.70. The van der Waals surface area contributed by atoms with E-state index in [0.717, 1.165) is 19.6 Å². The number of para-hydroxylation sites is 1. The zero-order valence-electron chi connectivity index (χ0n) is 14.7. The molecule has 132 valence electrons. The van der Waals surface area contributed by atoms with Crippen molar-refractivity contribution in [2.75, 3.05) is 36.4 Å². The van der Waals surface area contributed by atoms with Crippen LogP contribution in [0.2, 0.25) is 0 Å². The zero-order chi connectivity index (χ0) is 17.8. The van der Waals surface area contributed by atoms with E-state index in [4.69, 9.17) is 0 Å². The highest BCUT2D eigenvalue weighted by Gasteiger charge is 2.25. The summed E-state index contributed by atoms with van der Waals surface area (Å²) in [5, 5.41) is 2.65. The molecule has 0 aliphatic carbocycles. The number of nitrogens with one attached hydrogen (secondary N) is 1. The van der Waals surface area contributed by atoms with Crippen molar-refractivity contribution in [2.24, 2.45) is 0 Å². The molecule has 2 aromatic rings. The molecule has 0 saturated carbocycles. The SMILES string of the molecule is Cc1ccc(N2CCN(CC(=O)Nc3ccccc3F)C[C@H]2C)cc1. The van der Waals surface area contributed by atoms with Crippen molar-refractivity contribution in [3.05, 3.63) is 59.9 Å². The average molecular weight is 341 g/mol. The summed E-state index contributed by atoms with van der Waals surface area (Å²) in [6.45, 7) is 7.01. The highest BCUT2D eigenvalue weighted by molar-refractivity contribution is 5.92. The summed E-state index contributed by atoms with van der Waals surface area (Å²) >= 11 is 0. The first-order valence-corrected chi connectivity index (χ1v) is 8.63. The van der Waals surface area contributed by atoms with Gasteiger partial charge in [-0.1, -0.05) is 29.8 Å². The molecular formula is C20H24FN3O. The van der Waals surface area contributed by atoms with Gasteiger partial charge in [-0.05, 0) is 38.1 Å². The summed E-state index contributed by atoms with van der Waals surface area (Å²) in [5.74, 6) is -0.588. The van der Waals surface area contributed by atoms with Crippen molar-refractivity contribution in [2.45, 2.75) is 19.9 Å². The number of anilines is 2. The largest absolute Gasteiger partial charge is 0.366 e. The quantitative estimate of drug-likeness (QED) is 0.927. The summed E-state index contributed by atoms with van der Waals surface area (Å²) in [4.78, 5) is 16.7. The second-order valence-corrected chi connectivity index (χ2v) is 6.64. The lowest BCUT2D eigenvalue weighted by molar-refractivity contribution is -0.117. The van der Waals surface area contributed by atoms with Gasteiger partial charge in [0.1, 0.15) is 5.82 Å². The van der Waals surface area contributed by atoms with Crippen LogP contribution in [0.4, 0.5) is 15.8 Å². The molecule has 1 aliphatic rings. The third-order valence-electron chi connectivity index (χ3n) is 4.59. The van der Waals surface area contributed by atoms with E-state index in [-0.39, 0.29) is 18.1 Å². The molecule has 1 aliphatic heterocycles. The molecule has 0 unspecified atom stereocenters. The van der Waals surface area contributed by atoms with Crippen LogP contribution in [-0.2, 0) is 4.79 Å². The second kappa shape index (κ2) is 7.66. The minimum absolute atomic E-state index is 0.180. The van der Waals surface area contributed by atoms with Gasteiger partial charge >= 0.3 is 0 Å². The topological polar surface area (TPSA) is 35.6 Å². The van der Waals surface area contributed by atoms with Crippen LogP contribution < -0.4 is 10.2 Å². The van der Waals surface area contributed by atoms with Crippen LogP contribution in [0, 0.1) is 12.7 Å². The lowest BCUT2D eigenvalue weighted by Crippen LogP contribution is -2.53.